The van der Waals surface area contributed by atoms with Gasteiger partial charge in [0.25, 0.3) is 0 Å². The van der Waals surface area contributed by atoms with Gasteiger partial charge in [0.05, 0.1) is 10.6 Å². The Balaban J connectivity index is 1.26. The van der Waals surface area contributed by atoms with Gasteiger partial charge in [0, 0.05) is 44.5 Å². The van der Waals surface area contributed by atoms with E-state index in [4.69, 9.17) is 21.1 Å². The van der Waals surface area contributed by atoms with E-state index in [-0.39, 0.29) is 22.6 Å². The van der Waals surface area contributed by atoms with E-state index < -0.39 is 23.3 Å². The van der Waals surface area contributed by atoms with Gasteiger partial charge in [0.15, 0.2) is 0 Å². The number of ether oxygens (including phenoxy) is 2. The van der Waals surface area contributed by atoms with Crippen molar-refractivity contribution < 1.29 is 27.0 Å². The van der Waals surface area contributed by atoms with Crippen LogP contribution >= 0.6 is 11.6 Å². The van der Waals surface area contributed by atoms with Crippen LogP contribution in [0.15, 0.2) is 24.3 Å². The predicted molar refractivity (Wildman–Crippen MR) is 118 cm³/mol. The monoisotopic (exact) mass is 499 g/mol. The van der Waals surface area contributed by atoms with Crippen LogP contribution in [-0.2, 0) is 10.9 Å². The van der Waals surface area contributed by atoms with Crippen LogP contribution in [0.25, 0.3) is 11.3 Å². The Kier molecular flexibility index (Phi) is 6.70. The Morgan fingerprint density at radius 1 is 1.06 bits per heavy atom. The molecule has 1 saturated carbocycles. The molecule has 1 aliphatic carbocycles. The van der Waals surface area contributed by atoms with Crippen molar-refractivity contribution in [1.29, 1.82) is 0 Å². The topological polar surface area (TPSA) is 47.5 Å². The Morgan fingerprint density at radius 2 is 1.76 bits per heavy atom. The molecule has 0 unspecified atom stereocenters. The first kappa shape index (κ1) is 23.8. The van der Waals surface area contributed by atoms with Crippen molar-refractivity contribution in [2.45, 2.75) is 38.0 Å². The molecule has 0 N–H and O–H groups in total. The van der Waals surface area contributed by atoms with Gasteiger partial charge in [-0.3, -0.25) is 0 Å². The molecule has 184 valence electrons. The number of fused-ring (bicyclic) bond motifs is 1. The predicted octanol–water partition coefficient (Wildman–Crippen LogP) is 5.47. The van der Waals surface area contributed by atoms with E-state index in [1.165, 1.54) is 6.07 Å². The molecule has 3 heterocycles. The first-order valence-corrected chi connectivity index (χ1v) is 12.0. The minimum atomic E-state index is -4.73. The van der Waals surface area contributed by atoms with E-state index in [9.17, 15) is 17.6 Å². The number of aromatic nitrogens is 2. The summed E-state index contributed by atoms with van der Waals surface area (Å²) in [5.41, 5.74) is -1.73. The number of alkyl halides is 3. The molecule has 5 nitrogen and oxygen atoms in total. The second kappa shape index (κ2) is 9.59. The number of halogens is 5. The highest BCUT2D eigenvalue weighted by atomic mass is 35.5. The highest BCUT2D eigenvalue weighted by molar-refractivity contribution is 6.33. The highest BCUT2D eigenvalue weighted by Crippen LogP contribution is 2.42. The summed E-state index contributed by atoms with van der Waals surface area (Å²) in [6, 6.07) is 4.04. The molecule has 34 heavy (non-hydrogen) atoms. The zero-order valence-corrected chi connectivity index (χ0v) is 19.3. The quantitative estimate of drug-likeness (QED) is 0.510. The molecular weight excluding hydrogens is 474 g/mol. The lowest BCUT2D eigenvalue weighted by Crippen LogP contribution is -2.32. The summed E-state index contributed by atoms with van der Waals surface area (Å²) in [5.74, 6) is 0.752. The van der Waals surface area contributed by atoms with Crippen LogP contribution in [0.4, 0.5) is 17.6 Å². The van der Waals surface area contributed by atoms with Crippen molar-refractivity contribution in [1.82, 2.24) is 15.1 Å². The molecule has 1 aromatic heterocycles. The summed E-state index contributed by atoms with van der Waals surface area (Å²) in [5, 5.41) is 7.58. The summed E-state index contributed by atoms with van der Waals surface area (Å²) in [4.78, 5) is 2.51. The number of likely N-dealkylation sites (tertiary alicyclic amines) is 1. The maximum Gasteiger partial charge on any atom is 0.418 e. The van der Waals surface area contributed by atoms with Gasteiger partial charge in [0.2, 0.25) is 5.88 Å². The Hall–Kier alpha value is -1.97. The molecule has 2 saturated heterocycles. The zero-order valence-electron chi connectivity index (χ0n) is 18.5. The van der Waals surface area contributed by atoms with Gasteiger partial charge in [-0.05, 0) is 61.6 Å². The summed E-state index contributed by atoms with van der Waals surface area (Å²) >= 11 is 6.01. The Morgan fingerprint density at radius 3 is 2.44 bits per heavy atom. The highest BCUT2D eigenvalue weighted by Gasteiger charge is 2.43. The van der Waals surface area contributed by atoms with E-state index >= 15 is 0 Å². The molecule has 1 aromatic carbocycles. The van der Waals surface area contributed by atoms with Crippen molar-refractivity contribution in [2.24, 2.45) is 17.8 Å². The van der Waals surface area contributed by atoms with E-state index in [1.54, 1.807) is 0 Å². The van der Waals surface area contributed by atoms with Crippen LogP contribution in [0.3, 0.4) is 0 Å². The lowest BCUT2D eigenvalue weighted by molar-refractivity contribution is -0.137. The van der Waals surface area contributed by atoms with Gasteiger partial charge >= 0.3 is 6.18 Å². The molecule has 2 aromatic rings. The van der Waals surface area contributed by atoms with Crippen LogP contribution in [0, 0.1) is 23.6 Å². The number of hydrogen-bond acceptors (Lipinski definition) is 5. The standard InChI is InChI=1S/C24H26ClF4N3O2/c25-21-2-1-17(26)9-19(21)23-20(24(27,28)29)10-22(30-31-23)34-18-7-15-12-32(13-16(15)8-18)11-14-3-5-33-6-4-14/h1-2,9-10,14-16,18H,3-8,11-13H2/t15-,16-/m1/s1. The fourth-order valence-corrected chi connectivity index (χ4v) is 5.78. The minimum absolute atomic E-state index is 0.0382. The van der Waals surface area contributed by atoms with Crippen LogP contribution in [0.5, 0.6) is 5.88 Å². The zero-order chi connectivity index (χ0) is 23.9. The van der Waals surface area contributed by atoms with Crippen LogP contribution < -0.4 is 4.74 Å². The molecule has 0 radical (unpaired) electrons. The smallest absolute Gasteiger partial charge is 0.418 e. The third-order valence-electron chi connectivity index (χ3n) is 7.19. The van der Waals surface area contributed by atoms with Gasteiger partial charge in [-0.2, -0.15) is 13.2 Å². The summed E-state index contributed by atoms with van der Waals surface area (Å²) < 4.78 is 66.4. The first-order chi connectivity index (χ1) is 16.3. The molecule has 0 spiro atoms. The maximum absolute atomic E-state index is 13.8. The molecule has 0 amide bonds. The Bertz CT molecular complexity index is 1020. The molecule has 3 aliphatic rings. The van der Waals surface area contributed by atoms with Gasteiger partial charge in [-0.15, -0.1) is 10.2 Å². The number of benzene rings is 1. The molecule has 2 aliphatic heterocycles. The second-order valence-electron chi connectivity index (χ2n) is 9.57. The molecule has 10 heteroatoms. The molecular formula is C24H26ClF4N3O2. The number of hydrogen-bond donors (Lipinski definition) is 0. The van der Waals surface area contributed by atoms with Gasteiger partial charge < -0.3 is 14.4 Å². The molecule has 5 rings (SSSR count). The summed E-state index contributed by atoms with van der Waals surface area (Å²) in [6.07, 6.45) is -1.14. The minimum Gasteiger partial charge on any atom is -0.473 e. The normalized spacial score (nSPS) is 24.5. The lowest BCUT2D eigenvalue weighted by atomic mass is 10.00. The van der Waals surface area contributed by atoms with Crippen molar-refractivity contribution in [3.63, 3.8) is 0 Å². The van der Waals surface area contributed by atoms with Gasteiger partial charge in [-0.1, -0.05) is 11.6 Å². The molecule has 2 atom stereocenters. The second-order valence-corrected chi connectivity index (χ2v) is 9.98. The van der Waals surface area contributed by atoms with Crippen molar-refractivity contribution in [3.05, 3.63) is 40.7 Å². The largest absolute Gasteiger partial charge is 0.473 e. The lowest BCUT2D eigenvalue weighted by Gasteiger charge is -2.27. The van der Waals surface area contributed by atoms with Crippen LogP contribution in [0.2, 0.25) is 5.02 Å². The van der Waals surface area contributed by atoms with E-state index in [0.717, 1.165) is 76.7 Å². The van der Waals surface area contributed by atoms with Gasteiger partial charge in [-0.25, -0.2) is 4.39 Å². The molecule has 3 fully saturated rings. The van der Waals surface area contributed by atoms with Crippen molar-refractivity contribution in [3.8, 4) is 17.1 Å². The fourth-order valence-electron chi connectivity index (χ4n) is 5.58. The average molecular weight is 500 g/mol. The first-order valence-electron chi connectivity index (χ1n) is 11.6. The fraction of sp³-hybridized carbons (Fsp3) is 0.583. The third-order valence-corrected chi connectivity index (χ3v) is 7.52. The number of rotatable bonds is 5. The summed E-state index contributed by atoms with van der Waals surface area (Å²) in [6.45, 7) is 4.77. The van der Waals surface area contributed by atoms with Crippen molar-refractivity contribution >= 4 is 11.6 Å². The van der Waals surface area contributed by atoms with Crippen LogP contribution in [-0.4, -0.2) is 54.0 Å². The van der Waals surface area contributed by atoms with E-state index in [2.05, 4.69) is 15.1 Å². The van der Waals surface area contributed by atoms with Gasteiger partial charge in [0.1, 0.15) is 17.6 Å². The summed E-state index contributed by atoms with van der Waals surface area (Å²) in [7, 11) is 0. The van der Waals surface area contributed by atoms with Crippen LogP contribution in [0.1, 0.15) is 31.2 Å². The number of nitrogens with zero attached hydrogens (tertiary/aromatic N) is 3. The van der Waals surface area contributed by atoms with E-state index in [0.29, 0.717) is 17.8 Å². The van der Waals surface area contributed by atoms with Crippen molar-refractivity contribution in [2.75, 3.05) is 32.8 Å². The third kappa shape index (κ3) is 5.16. The van der Waals surface area contributed by atoms with E-state index in [1.807, 2.05) is 0 Å². The SMILES string of the molecule is Fc1ccc(Cl)c(-c2nnc(OC3C[C@@H]4CN(CC5CCOCC5)C[C@H]4C3)cc2C(F)(F)F)c1. The Labute approximate surface area is 200 Å². The average Bonchev–Trinajstić information content (AvgIpc) is 3.33. The maximum atomic E-state index is 13.8. The molecule has 0 bridgehead atoms.